The molecule has 1 aromatic carbocycles. The number of amides is 2. The molecule has 0 radical (unpaired) electrons. The summed E-state index contributed by atoms with van der Waals surface area (Å²) in [7, 11) is 3.99. The van der Waals surface area contributed by atoms with Gasteiger partial charge in [-0.25, -0.2) is 9.78 Å². The van der Waals surface area contributed by atoms with Gasteiger partial charge >= 0.3 is 6.03 Å². The highest BCUT2D eigenvalue weighted by atomic mass is 32.1. The number of aromatic nitrogens is 3. The SMILES string of the molecule is CN(C)Cc1csc(CNC(=O)Nc2cc3ccccc3nn2)n1. The van der Waals surface area contributed by atoms with E-state index in [-0.39, 0.29) is 6.03 Å². The Hall–Kier alpha value is -2.58. The third-order valence-electron chi connectivity index (χ3n) is 3.21. The van der Waals surface area contributed by atoms with Crippen LogP contribution in [0.3, 0.4) is 0 Å². The van der Waals surface area contributed by atoms with Crippen molar-refractivity contribution < 1.29 is 4.79 Å². The zero-order chi connectivity index (χ0) is 16.9. The van der Waals surface area contributed by atoms with Gasteiger partial charge < -0.3 is 10.2 Å². The van der Waals surface area contributed by atoms with E-state index in [2.05, 4.69) is 30.7 Å². The Labute approximate surface area is 143 Å². The number of hydrogen-bond acceptors (Lipinski definition) is 6. The van der Waals surface area contributed by atoms with Crippen LogP contribution in [0.5, 0.6) is 0 Å². The molecule has 3 rings (SSSR count). The van der Waals surface area contributed by atoms with Gasteiger partial charge in [0, 0.05) is 17.3 Å². The number of carbonyl (C=O) groups is 1. The molecule has 24 heavy (non-hydrogen) atoms. The zero-order valence-electron chi connectivity index (χ0n) is 13.5. The van der Waals surface area contributed by atoms with Crippen molar-refractivity contribution in [3.8, 4) is 0 Å². The maximum absolute atomic E-state index is 12.0. The summed E-state index contributed by atoms with van der Waals surface area (Å²) in [5.41, 5.74) is 1.79. The summed E-state index contributed by atoms with van der Waals surface area (Å²) in [6.07, 6.45) is 0. The predicted molar refractivity (Wildman–Crippen MR) is 94.9 cm³/mol. The van der Waals surface area contributed by atoms with Gasteiger partial charge in [-0.15, -0.1) is 21.5 Å². The lowest BCUT2D eigenvalue weighted by molar-refractivity contribution is 0.251. The average Bonchev–Trinajstić information content (AvgIpc) is 2.99. The lowest BCUT2D eigenvalue weighted by Gasteiger charge is -2.06. The molecule has 0 spiro atoms. The highest BCUT2D eigenvalue weighted by Gasteiger charge is 2.07. The van der Waals surface area contributed by atoms with Gasteiger partial charge in [0.2, 0.25) is 0 Å². The van der Waals surface area contributed by atoms with Crippen LogP contribution in [-0.2, 0) is 13.1 Å². The van der Waals surface area contributed by atoms with Crippen molar-refractivity contribution in [2.75, 3.05) is 19.4 Å². The summed E-state index contributed by atoms with van der Waals surface area (Å²) < 4.78 is 0. The minimum atomic E-state index is -0.330. The molecule has 2 amide bonds. The van der Waals surface area contributed by atoms with Crippen molar-refractivity contribution in [2.24, 2.45) is 0 Å². The van der Waals surface area contributed by atoms with Crippen molar-refractivity contribution in [1.29, 1.82) is 0 Å². The average molecular weight is 342 g/mol. The quantitative estimate of drug-likeness (QED) is 0.744. The summed E-state index contributed by atoms with van der Waals surface area (Å²) in [6, 6.07) is 9.08. The maximum Gasteiger partial charge on any atom is 0.320 e. The Morgan fingerprint density at radius 2 is 2.08 bits per heavy atom. The minimum Gasteiger partial charge on any atom is -0.331 e. The normalized spacial score (nSPS) is 11.0. The molecule has 0 aliphatic carbocycles. The number of urea groups is 1. The molecule has 8 heteroatoms. The van der Waals surface area contributed by atoms with Crippen LogP contribution in [0.15, 0.2) is 35.7 Å². The van der Waals surface area contributed by atoms with Crippen molar-refractivity contribution in [3.63, 3.8) is 0 Å². The second-order valence-corrected chi connectivity index (χ2v) is 6.51. The van der Waals surface area contributed by atoms with Crippen LogP contribution in [0.4, 0.5) is 10.6 Å². The molecular weight excluding hydrogens is 324 g/mol. The molecule has 2 heterocycles. The largest absolute Gasteiger partial charge is 0.331 e. The van der Waals surface area contributed by atoms with Crippen LogP contribution in [-0.4, -0.2) is 40.2 Å². The molecule has 0 unspecified atom stereocenters. The minimum absolute atomic E-state index is 0.330. The fourth-order valence-corrected chi connectivity index (χ4v) is 2.91. The molecule has 0 saturated heterocycles. The van der Waals surface area contributed by atoms with Crippen LogP contribution in [0, 0.1) is 0 Å². The number of hydrogen-bond donors (Lipinski definition) is 2. The Morgan fingerprint density at radius 3 is 2.92 bits per heavy atom. The fourth-order valence-electron chi connectivity index (χ4n) is 2.19. The van der Waals surface area contributed by atoms with E-state index in [1.807, 2.05) is 43.7 Å². The van der Waals surface area contributed by atoms with Crippen molar-refractivity contribution >= 4 is 34.1 Å². The Morgan fingerprint density at radius 1 is 1.25 bits per heavy atom. The van der Waals surface area contributed by atoms with Gasteiger partial charge in [-0.05, 0) is 26.2 Å². The van der Waals surface area contributed by atoms with Crippen molar-refractivity contribution in [2.45, 2.75) is 13.1 Å². The molecule has 0 atom stereocenters. The van der Waals surface area contributed by atoms with Gasteiger partial charge in [0.15, 0.2) is 5.82 Å². The van der Waals surface area contributed by atoms with Crippen LogP contribution in [0.2, 0.25) is 0 Å². The van der Waals surface area contributed by atoms with E-state index in [0.717, 1.165) is 28.1 Å². The van der Waals surface area contributed by atoms with Crippen molar-refractivity contribution in [1.82, 2.24) is 25.4 Å². The molecule has 124 valence electrons. The van der Waals surface area contributed by atoms with Crippen LogP contribution < -0.4 is 10.6 Å². The third-order valence-corrected chi connectivity index (χ3v) is 4.11. The predicted octanol–water partition coefficient (Wildman–Crippen LogP) is 2.47. The molecular formula is C16H18N6OS. The first-order valence-corrected chi connectivity index (χ1v) is 8.33. The van der Waals surface area contributed by atoms with Gasteiger partial charge in [-0.1, -0.05) is 18.2 Å². The van der Waals surface area contributed by atoms with Crippen molar-refractivity contribution in [3.05, 3.63) is 46.4 Å². The molecule has 3 aromatic rings. The number of thiazole rings is 1. The monoisotopic (exact) mass is 342 g/mol. The van der Waals surface area contributed by atoms with E-state index < -0.39 is 0 Å². The number of rotatable bonds is 5. The van der Waals surface area contributed by atoms with Crippen LogP contribution in [0.25, 0.3) is 10.9 Å². The van der Waals surface area contributed by atoms with E-state index in [9.17, 15) is 4.79 Å². The summed E-state index contributed by atoms with van der Waals surface area (Å²) >= 11 is 1.53. The number of anilines is 1. The fraction of sp³-hybridized carbons (Fsp3) is 0.250. The first-order valence-electron chi connectivity index (χ1n) is 7.45. The molecule has 7 nitrogen and oxygen atoms in total. The number of nitrogens with one attached hydrogen (secondary N) is 2. The van der Waals surface area contributed by atoms with E-state index in [4.69, 9.17) is 0 Å². The lowest BCUT2D eigenvalue weighted by Crippen LogP contribution is -2.28. The number of fused-ring (bicyclic) bond motifs is 1. The topological polar surface area (TPSA) is 83.0 Å². The summed E-state index contributed by atoms with van der Waals surface area (Å²) in [5, 5.41) is 17.3. The molecule has 2 N–H and O–H groups in total. The first-order chi connectivity index (χ1) is 11.6. The summed E-state index contributed by atoms with van der Waals surface area (Å²) in [5.74, 6) is 0.415. The summed E-state index contributed by atoms with van der Waals surface area (Å²) in [6.45, 7) is 1.17. The molecule has 0 aliphatic heterocycles. The first kappa shape index (κ1) is 16.3. The maximum atomic E-state index is 12.0. The molecule has 0 bridgehead atoms. The summed E-state index contributed by atoms with van der Waals surface area (Å²) in [4.78, 5) is 18.5. The highest BCUT2D eigenvalue weighted by molar-refractivity contribution is 7.09. The Balaban J connectivity index is 1.55. The molecule has 2 aromatic heterocycles. The van der Waals surface area contributed by atoms with Gasteiger partial charge in [-0.2, -0.15) is 0 Å². The zero-order valence-corrected chi connectivity index (χ0v) is 14.3. The van der Waals surface area contributed by atoms with E-state index in [1.54, 1.807) is 6.07 Å². The van der Waals surface area contributed by atoms with E-state index in [1.165, 1.54) is 11.3 Å². The van der Waals surface area contributed by atoms with Gasteiger partial charge in [-0.3, -0.25) is 5.32 Å². The number of benzene rings is 1. The smallest absolute Gasteiger partial charge is 0.320 e. The van der Waals surface area contributed by atoms with Crippen LogP contribution >= 0.6 is 11.3 Å². The second kappa shape index (κ2) is 7.33. The molecule has 0 aliphatic rings. The second-order valence-electron chi connectivity index (χ2n) is 5.57. The van der Waals surface area contributed by atoms with E-state index >= 15 is 0 Å². The van der Waals surface area contributed by atoms with E-state index in [0.29, 0.717) is 12.4 Å². The molecule has 0 fully saturated rings. The number of nitrogens with zero attached hydrogens (tertiary/aromatic N) is 4. The third kappa shape index (κ3) is 4.24. The lowest BCUT2D eigenvalue weighted by atomic mass is 10.2. The van der Waals surface area contributed by atoms with Gasteiger partial charge in [0.1, 0.15) is 5.01 Å². The highest BCUT2D eigenvalue weighted by Crippen LogP contribution is 2.14. The Bertz CT molecular complexity index is 847. The number of carbonyl (C=O) groups excluding carboxylic acids is 1. The standard InChI is InChI=1S/C16H18N6OS/c1-22(2)9-12-10-24-15(18-12)8-17-16(23)19-14-7-11-5-3-4-6-13(11)20-21-14/h3-7,10H,8-9H2,1-2H3,(H2,17,19,21,23). The van der Waals surface area contributed by atoms with Gasteiger partial charge in [0.25, 0.3) is 0 Å². The van der Waals surface area contributed by atoms with Crippen LogP contribution in [0.1, 0.15) is 10.7 Å². The Kier molecular flexibility index (Phi) is 4.97. The molecule has 0 saturated carbocycles. The van der Waals surface area contributed by atoms with Gasteiger partial charge in [0.05, 0.1) is 17.8 Å².